The Morgan fingerprint density at radius 3 is 2.29 bits per heavy atom. The van der Waals surface area contributed by atoms with E-state index in [1.807, 2.05) is 0 Å². The number of fused-ring (bicyclic) bond motifs is 1. The van der Waals surface area contributed by atoms with E-state index in [2.05, 4.69) is 129 Å². The van der Waals surface area contributed by atoms with Crippen LogP contribution in [0.3, 0.4) is 0 Å². The summed E-state index contributed by atoms with van der Waals surface area (Å²) in [7, 11) is 0. The van der Waals surface area contributed by atoms with Gasteiger partial charge in [0.25, 0.3) is 0 Å². The van der Waals surface area contributed by atoms with Crippen LogP contribution in [0.25, 0.3) is 0 Å². The van der Waals surface area contributed by atoms with Gasteiger partial charge in [-0.3, -0.25) is 4.90 Å². The average molecular weight is 663 g/mol. The number of likely N-dealkylation sites (tertiary alicyclic amines) is 1. The van der Waals surface area contributed by atoms with Crippen LogP contribution in [0, 0.1) is 17.3 Å². The Morgan fingerprint density at radius 1 is 0.898 bits per heavy atom. The molecule has 0 amide bonds. The third kappa shape index (κ3) is 11.2. The fraction of sp³-hybridized carbons (Fsp3) is 0.500. The molecule has 5 heteroatoms. The number of benzene rings is 3. The molecule has 3 aromatic rings. The van der Waals surface area contributed by atoms with E-state index in [4.69, 9.17) is 17.0 Å². The monoisotopic (exact) mass is 662 g/mol. The average Bonchev–Trinajstić information content (AvgIpc) is 3.39. The zero-order valence-corrected chi connectivity index (χ0v) is 30.7. The van der Waals surface area contributed by atoms with Crippen molar-refractivity contribution in [2.45, 2.75) is 97.2 Å². The molecule has 5 nitrogen and oxygen atoms in total. The van der Waals surface area contributed by atoms with Crippen molar-refractivity contribution in [2.24, 2.45) is 23.0 Å². The van der Waals surface area contributed by atoms with Crippen LogP contribution in [-0.2, 0) is 19.3 Å². The van der Waals surface area contributed by atoms with Gasteiger partial charge < -0.3 is 21.1 Å². The Morgan fingerprint density at radius 2 is 1.57 bits per heavy atom. The zero-order valence-electron chi connectivity index (χ0n) is 30.7. The van der Waals surface area contributed by atoms with Gasteiger partial charge in [-0.15, -0.1) is 0 Å². The fourth-order valence-electron chi connectivity index (χ4n) is 7.79. The van der Waals surface area contributed by atoms with E-state index >= 15 is 0 Å². The van der Waals surface area contributed by atoms with Crippen molar-refractivity contribution >= 4 is 0 Å². The number of nitrogens with one attached hydrogen (secondary N) is 2. The predicted molar refractivity (Wildman–Crippen MR) is 207 cm³/mol. The quantitative estimate of drug-likeness (QED) is 0.135. The zero-order chi connectivity index (χ0) is 34.8. The highest BCUT2D eigenvalue weighted by atomic mass is 16.5. The first kappa shape index (κ1) is 36.7. The van der Waals surface area contributed by atoms with E-state index in [0.717, 1.165) is 62.4 Å². The molecule has 1 heterocycles. The van der Waals surface area contributed by atoms with Crippen molar-refractivity contribution in [1.29, 1.82) is 0 Å². The van der Waals surface area contributed by atoms with Gasteiger partial charge in [0.1, 0.15) is 12.4 Å². The molecule has 0 bridgehead atoms. The van der Waals surface area contributed by atoms with E-state index in [1.54, 1.807) is 0 Å². The Balaban J connectivity index is 1.31. The highest BCUT2D eigenvalue weighted by Gasteiger charge is 2.32. The maximum Gasteiger partial charge on any atom is 0.119 e. The number of nitrogens with zero attached hydrogens (tertiary/aromatic N) is 1. The molecule has 5 rings (SSSR count). The lowest BCUT2D eigenvalue weighted by Crippen LogP contribution is -2.40. The molecule has 5 atom stereocenters. The van der Waals surface area contributed by atoms with Crippen LogP contribution in [-0.4, -0.2) is 43.2 Å². The number of allylic oxidation sites excluding steroid dienone is 2. The van der Waals surface area contributed by atoms with Crippen molar-refractivity contribution in [1.82, 2.24) is 15.5 Å². The molecule has 2 aliphatic rings. The lowest BCUT2D eigenvalue weighted by Gasteiger charge is -2.33. The van der Waals surface area contributed by atoms with E-state index in [0.29, 0.717) is 5.92 Å². The molecule has 49 heavy (non-hydrogen) atoms. The van der Waals surface area contributed by atoms with Crippen LogP contribution in [0.2, 0.25) is 0 Å². The molecule has 1 aliphatic carbocycles. The van der Waals surface area contributed by atoms with Crippen LogP contribution >= 0.6 is 0 Å². The van der Waals surface area contributed by atoms with Gasteiger partial charge >= 0.3 is 0 Å². The Hall–Kier alpha value is -3.54. The highest BCUT2D eigenvalue weighted by molar-refractivity contribution is 5.38. The van der Waals surface area contributed by atoms with E-state index in [9.17, 15) is 0 Å². The molecule has 4 N–H and O–H groups in total. The predicted octanol–water partition coefficient (Wildman–Crippen LogP) is 8.62. The summed E-state index contributed by atoms with van der Waals surface area (Å²) in [5.41, 5.74) is 14.4. The first-order valence-corrected chi connectivity index (χ1v) is 18.7. The van der Waals surface area contributed by atoms with Gasteiger partial charge in [0.05, 0.1) is 6.04 Å². The normalized spacial score (nSPS) is 19.8. The van der Waals surface area contributed by atoms with E-state index in [-0.39, 0.29) is 29.5 Å². The van der Waals surface area contributed by atoms with Crippen LogP contribution in [0.1, 0.15) is 88.1 Å². The first-order valence-electron chi connectivity index (χ1n) is 18.7. The van der Waals surface area contributed by atoms with Crippen molar-refractivity contribution in [3.8, 4) is 5.75 Å². The summed E-state index contributed by atoms with van der Waals surface area (Å²) in [5.74, 6) is 1.53. The van der Waals surface area contributed by atoms with Gasteiger partial charge in [-0.25, -0.2) is 0 Å². The number of nitrogens with two attached hydrogens (primary N) is 1. The standard InChI is InChI=1S/C44H62N4O/c1-32(42(29-35-15-9-7-10-16-35)46-33(2)31-44(4,5)6)27-38(34(3)47-43-40-18-12-11-17-37(40)30-41(43)45)28-36-19-21-39(22-20-36)49-26-25-48-23-13-8-14-24-48/h7,9-12,15-22,32,38,41-43,46-47H,2-3,8,13-14,23-31,45H2,1,4-6H3. The fourth-order valence-corrected chi connectivity index (χ4v) is 7.79. The summed E-state index contributed by atoms with van der Waals surface area (Å²) in [5, 5.41) is 7.74. The lowest BCUT2D eigenvalue weighted by molar-refractivity contribution is 0.183. The van der Waals surface area contributed by atoms with Gasteiger partial charge in [0, 0.05) is 35.9 Å². The summed E-state index contributed by atoms with van der Waals surface area (Å²) in [6.07, 6.45) is 8.63. The van der Waals surface area contributed by atoms with Gasteiger partial charge in [0.2, 0.25) is 0 Å². The minimum absolute atomic E-state index is 0.0295. The SMILES string of the molecule is C=C(CC(C)(C)C)NC(Cc1ccccc1)C(C)CC(Cc1ccc(OCCN2CCCCC2)cc1)C(=C)NC1c2ccccc2CC1N. The largest absolute Gasteiger partial charge is 0.492 e. The number of piperidine rings is 1. The topological polar surface area (TPSA) is 62.5 Å². The molecular weight excluding hydrogens is 601 g/mol. The van der Waals surface area contributed by atoms with Gasteiger partial charge in [0.15, 0.2) is 0 Å². The second-order valence-corrected chi connectivity index (χ2v) is 16.0. The smallest absolute Gasteiger partial charge is 0.119 e. The Bertz CT molecular complexity index is 1470. The van der Waals surface area contributed by atoms with E-state index < -0.39 is 0 Å². The Kier molecular flexibility index (Phi) is 13.0. The second kappa shape index (κ2) is 17.4. The molecule has 0 spiro atoms. The minimum Gasteiger partial charge on any atom is -0.492 e. The lowest BCUT2D eigenvalue weighted by atomic mass is 9.82. The molecule has 5 unspecified atom stereocenters. The molecule has 1 saturated heterocycles. The molecule has 264 valence electrons. The molecule has 3 aromatic carbocycles. The van der Waals surface area contributed by atoms with Gasteiger partial charge in [-0.05, 0) is 104 Å². The molecule has 0 saturated carbocycles. The number of rotatable bonds is 17. The number of ether oxygens (including phenoxy) is 1. The van der Waals surface area contributed by atoms with Gasteiger partial charge in [-0.2, -0.15) is 0 Å². The van der Waals surface area contributed by atoms with E-state index in [1.165, 1.54) is 54.6 Å². The van der Waals surface area contributed by atoms with Crippen LogP contribution in [0.15, 0.2) is 103 Å². The summed E-state index contributed by atoms with van der Waals surface area (Å²) in [6.45, 7) is 22.5. The maximum atomic E-state index is 6.73. The Labute approximate surface area is 297 Å². The van der Waals surface area contributed by atoms with Crippen LogP contribution in [0.5, 0.6) is 5.75 Å². The molecule has 0 radical (unpaired) electrons. The van der Waals surface area contributed by atoms with Crippen molar-refractivity contribution in [3.63, 3.8) is 0 Å². The summed E-state index contributed by atoms with van der Waals surface area (Å²) in [6, 6.07) is 28.6. The molecular formula is C44H62N4O. The van der Waals surface area contributed by atoms with Crippen LogP contribution in [0.4, 0.5) is 0 Å². The summed E-state index contributed by atoms with van der Waals surface area (Å²) < 4.78 is 6.17. The highest BCUT2D eigenvalue weighted by Crippen LogP contribution is 2.34. The van der Waals surface area contributed by atoms with Crippen molar-refractivity contribution in [2.75, 3.05) is 26.2 Å². The molecule has 0 aromatic heterocycles. The van der Waals surface area contributed by atoms with Gasteiger partial charge in [-0.1, -0.05) is 114 Å². The molecule has 1 fully saturated rings. The van der Waals surface area contributed by atoms with Crippen molar-refractivity contribution in [3.05, 3.63) is 126 Å². The number of hydrogen-bond donors (Lipinski definition) is 3. The second-order valence-electron chi connectivity index (χ2n) is 16.0. The number of hydrogen-bond acceptors (Lipinski definition) is 5. The first-order chi connectivity index (χ1) is 23.5. The summed E-state index contributed by atoms with van der Waals surface area (Å²) >= 11 is 0. The molecule has 1 aliphatic heterocycles. The third-order valence-electron chi connectivity index (χ3n) is 10.4. The maximum absolute atomic E-state index is 6.73. The summed E-state index contributed by atoms with van der Waals surface area (Å²) in [4.78, 5) is 2.52. The third-order valence-corrected chi connectivity index (χ3v) is 10.4. The minimum atomic E-state index is 0.0295. The van der Waals surface area contributed by atoms with Crippen molar-refractivity contribution < 1.29 is 4.74 Å². The van der Waals surface area contributed by atoms with Crippen LogP contribution < -0.4 is 21.1 Å².